The molecule has 27 heavy (non-hydrogen) atoms. The average molecular weight is 366 g/mol. The fourth-order valence-electron chi connectivity index (χ4n) is 3.96. The molecule has 1 amide bonds. The van der Waals surface area contributed by atoms with E-state index in [4.69, 9.17) is 0 Å². The van der Waals surface area contributed by atoms with Crippen molar-refractivity contribution in [2.24, 2.45) is 5.92 Å². The maximum atomic E-state index is 12.4. The van der Waals surface area contributed by atoms with Gasteiger partial charge in [0, 0.05) is 36.2 Å². The highest BCUT2D eigenvalue weighted by molar-refractivity contribution is 6.04. The van der Waals surface area contributed by atoms with Gasteiger partial charge in [-0.25, -0.2) is 0 Å². The number of nitrogens with one attached hydrogen (secondary N) is 2. The number of pyridine rings is 1. The first kappa shape index (κ1) is 19.6. The predicted octanol–water partition coefficient (Wildman–Crippen LogP) is 5.17. The molecule has 0 spiro atoms. The minimum atomic E-state index is -0.101. The Morgan fingerprint density at radius 3 is 2.52 bits per heavy atom. The minimum absolute atomic E-state index is 0.101. The number of hydrogen-bond acceptors (Lipinski definition) is 3. The second kappa shape index (κ2) is 10.2. The molecule has 1 heterocycles. The van der Waals surface area contributed by atoms with Crippen molar-refractivity contribution in [1.82, 2.24) is 10.3 Å². The van der Waals surface area contributed by atoms with Gasteiger partial charge in [-0.3, -0.25) is 9.78 Å². The van der Waals surface area contributed by atoms with Crippen LogP contribution in [0.4, 0.5) is 5.69 Å². The van der Waals surface area contributed by atoms with E-state index in [2.05, 4.69) is 28.6 Å². The van der Waals surface area contributed by atoms with Crippen LogP contribution in [0.2, 0.25) is 0 Å². The summed E-state index contributed by atoms with van der Waals surface area (Å²) in [5, 5.41) is 6.69. The number of aromatic nitrogens is 1. The number of amides is 1. The minimum Gasteiger partial charge on any atom is -0.322 e. The topological polar surface area (TPSA) is 54.0 Å². The Morgan fingerprint density at radius 2 is 1.78 bits per heavy atom. The third kappa shape index (κ3) is 6.17. The summed E-state index contributed by atoms with van der Waals surface area (Å²) in [6, 6.07) is 12.0. The molecule has 0 aliphatic heterocycles. The van der Waals surface area contributed by atoms with Gasteiger partial charge in [0.05, 0.1) is 0 Å². The number of para-hydroxylation sites is 1. The molecule has 1 saturated carbocycles. The molecule has 1 aromatic carbocycles. The first-order valence-corrected chi connectivity index (χ1v) is 10.2. The summed E-state index contributed by atoms with van der Waals surface area (Å²) >= 11 is 0. The lowest BCUT2D eigenvalue weighted by Crippen LogP contribution is -2.28. The van der Waals surface area contributed by atoms with Gasteiger partial charge in [0.1, 0.15) is 0 Å². The lowest BCUT2D eigenvalue weighted by molar-refractivity contribution is 0.102. The number of hydrogen-bond donors (Lipinski definition) is 2. The van der Waals surface area contributed by atoms with Gasteiger partial charge >= 0.3 is 0 Å². The fraction of sp³-hybridized carbons (Fsp3) is 0.478. The second-order valence-electron chi connectivity index (χ2n) is 7.72. The molecule has 3 rings (SSSR count). The van der Waals surface area contributed by atoms with Gasteiger partial charge < -0.3 is 10.6 Å². The van der Waals surface area contributed by atoms with E-state index >= 15 is 0 Å². The van der Waals surface area contributed by atoms with Gasteiger partial charge in [0.2, 0.25) is 0 Å². The number of carbonyl (C=O) groups is 1. The number of nitrogens with zero attached hydrogens (tertiary/aromatic N) is 1. The maximum absolute atomic E-state index is 12.4. The van der Waals surface area contributed by atoms with Crippen LogP contribution in [0, 0.1) is 5.92 Å². The van der Waals surface area contributed by atoms with Gasteiger partial charge in [-0.2, -0.15) is 0 Å². The summed E-state index contributed by atoms with van der Waals surface area (Å²) in [5.74, 6) is 0.757. The molecule has 1 aliphatic rings. The molecule has 1 aromatic heterocycles. The Morgan fingerprint density at radius 1 is 1.07 bits per heavy atom. The largest absolute Gasteiger partial charge is 0.322 e. The third-order valence-electron chi connectivity index (χ3n) is 5.51. The summed E-state index contributed by atoms with van der Waals surface area (Å²) in [7, 11) is 0. The van der Waals surface area contributed by atoms with Gasteiger partial charge in [-0.1, -0.05) is 56.7 Å². The average Bonchev–Trinajstić information content (AvgIpc) is 2.96. The normalized spacial score (nSPS) is 16.5. The van der Waals surface area contributed by atoms with Crippen LogP contribution in [0.25, 0.3) is 0 Å². The van der Waals surface area contributed by atoms with Crippen LogP contribution >= 0.6 is 0 Å². The summed E-state index contributed by atoms with van der Waals surface area (Å²) < 4.78 is 0. The van der Waals surface area contributed by atoms with Crippen molar-refractivity contribution in [3.05, 3.63) is 59.9 Å². The van der Waals surface area contributed by atoms with Crippen molar-refractivity contribution in [3.63, 3.8) is 0 Å². The zero-order valence-electron chi connectivity index (χ0n) is 16.3. The zero-order valence-corrected chi connectivity index (χ0v) is 16.3. The zero-order chi connectivity index (χ0) is 18.9. The molecular formula is C23H31N3O. The summed E-state index contributed by atoms with van der Waals surface area (Å²) in [4.78, 5) is 16.4. The van der Waals surface area contributed by atoms with Gasteiger partial charge in [0.25, 0.3) is 5.91 Å². The van der Waals surface area contributed by atoms with E-state index in [0.29, 0.717) is 11.6 Å². The molecule has 1 aliphatic carbocycles. The number of rotatable bonds is 7. The van der Waals surface area contributed by atoms with E-state index in [0.717, 1.165) is 23.7 Å². The quantitative estimate of drug-likeness (QED) is 0.665. The predicted molar refractivity (Wildman–Crippen MR) is 111 cm³/mol. The molecule has 2 aromatic rings. The van der Waals surface area contributed by atoms with E-state index in [-0.39, 0.29) is 5.91 Å². The summed E-state index contributed by atoms with van der Waals surface area (Å²) in [6.45, 7) is 3.05. The molecular weight excluding hydrogens is 334 g/mol. The molecule has 4 heteroatoms. The lowest BCUT2D eigenvalue weighted by Gasteiger charge is -2.21. The summed E-state index contributed by atoms with van der Waals surface area (Å²) in [6.07, 6.45) is 12.9. The van der Waals surface area contributed by atoms with Crippen LogP contribution in [0.1, 0.15) is 67.8 Å². The maximum Gasteiger partial charge on any atom is 0.255 e. The molecule has 2 N–H and O–H groups in total. The number of benzene rings is 1. The molecule has 1 atom stereocenters. The van der Waals surface area contributed by atoms with Crippen LogP contribution in [0.15, 0.2) is 48.8 Å². The smallest absolute Gasteiger partial charge is 0.255 e. The van der Waals surface area contributed by atoms with Crippen molar-refractivity contribution >= 4 is 11.6 Å². The molecule has 144 valence electrons. The Labute approximate surface area is 162 Å². The molecule has 4 nitrogen and oxygen atoms in total. The Balaban J connectivity index is 1.55. The first-order valence-electron chi connectivity index (χ1n) is 10.2. The van der Waals surface area contributed by atoms with Crippen LogP contribution in [0.5, 0.6) is 0 Å². The highest BCUT2D eigenvalue weighted by atomic mass is 16.1. The van der Waals surface area contributed by atoms with Crippen molar-refractivity contribution < 1.29 is 4.79 Å². The van der Waals surface area contributed by atoms with E-state index in [1.807, 2.05) is 18.2 Å². The molecule has 1 fully saturated rings. The number of anilines is 1. The van der Waals surface area contributed by atoms with Crippen LogP contribution in [-0.2, 0) is 6.54 Å². The van der Waals surface area contributed by atoms with Gasteiger partial charge in [0.15, 0.2) is 0 Å². The van der Waals surface area contributed by atoms with Crippen molar-refractivity contribution in [2.45, 2.75) is 64.5 Å². The summed E-state index contributed by atoms with van der Waals surface area (Å²) in [5.41, 5.74) is 2.61. The van der Waals surface area contributed by atoms with E-state index in [1.165, 1.54) is 44.9 Å². The van der Waals surface area contributed by atoms with Crippen LogP contribution < -0.4 is 10.6 Å². The molecule has 0 bridgehead atoms. The number of carbonyl (C=O) groups excluding carboxylic acids is 1. The van der Waals surface area contributed by atoms with Crippen molar-refractivity contribution in [1.29, 1.82) is 0 Å². The van der Waals surface area contributed by atoms with Crippen LogP contribution in [0.3, 0.4) is 0 Å². The molecule has 0 saturated heterocycles. The second-order valence-corrected chi connectivity index (χ2v) is 7.72. The first-order chi connectivity index (χ1) is 13.2. The standard InChI is InChI=1S/C23H31N3O/c1-18(16-19-8-4-2-3-5-9-19)25-17-21-10-6-7-11-22(21)26-23(27)20-12-14-24-15-13-20/h6-7,10-15,18-19,25H,2-5,8-9,16-17H2,1H3,(H,26,27)/t18-/m0/s1. The SMILES string of the molecule is C[C@@H](CC1CCCCCC1)NCc1ccccc1NC(=O)c1ccncc1. The monoisotopic (exact) mass is 365 g/mol. The Bertz CT molecular complexity index is 709. The molecule has 0 unspecified atom stereocenters. The van der Waals surface area contributed by atoms with E-state index < -0.39 is 0 Å². The Kier molecular flexibility index (Phi) is 7.40. The van der Waals surface area contributed by atoms with Crippen molar-refractivity contribution in [3.8, 4) is 0 Å². The highest BCUT2D eigenvalue weighted by Gasteiger charge is 2.16. The van der Waals surface area contributed by atoms with E-state index in [9.17, 15) is 4.79 Å². The third-order valence-corrected chi connectivity index (χ3v) is 5.51. The Hall–Kier alpha value is -2.20. The van der Waals surface area contributed by atoms with Gasteiger partial charge in [-0.15, -0.1) is 0 Å². The molecule has 0 radical (unpaired) electrons. The fourth-order valence-corrected chi connectivity index (χ4v) is 3.96. The van der Waals surface area contributed by atoms with Gasteiger partial charge in [-0.05, 0) is 43.0 Å². The lowest BCUT2D eigenvalue weighted by atomic mass is 9.93. The van der Waals surface area contributed by atoms with E-state index in [1.54, 1.807) is 24.5 Å². The highest BCUT2D eigenvalue weighted by Crippen LogP contribution is 2.26. The van der Waals surface area contributed by atoms with Crippen LogP contribution in [-0.4, -0.2) is 16.9 Å². The van der Waals surface area contributed by atoms with Crippen molar-refractivity contribution in [2.75, 3.05) is 5.32 Å².